The van der Waals surface area contributed by atoms with Gasteiger partial charge < -0.3 is 9.47 Å². The molecule has 2 aromatic carbocycles. The predicted octanol–water partition coefficient (Wildman–Crippen LogP) is 4.25. The molecule has 9 heteroatoms. The quantitative estimate of drug-likeness (QED) is 0.479. The first kappa shape index (κ1) is 21.8. The average Bonchev–Trinajstić information content (AvgIpc) is 3.26. The van der Waals surface area contributed by atoms with Gasteiger partial charge in [-0.15, -0.1) is 0 Å². The Morgan fingerprint density at radius 1 is 1.07 bits per heavy atom. The van der Waals surface area contributed by atoms with E-state index in [1.165, 1.54) is 24.3 Å². The number of Topliss-reactive ketones (excluding diaryl/α,β-unsaturated/α-hetero) is 1. The molecule has 156 valence electrons. The Kier molecular flexibility index (Phi) is 6.74. The smallest absolute Gasteiger partial charge is 0.302 e. The van der Waals surface area contributed by atoms with Crippen molar-refractivity contribution in [3.63, 3.8) is 0 Å². The number of aromatic nitrogens is 3. The van der Waals surface area contributed by atoms with Crippen LogP contribution in [0.1, 0.15) is 25.6 Å². The predicted molar refractivity (Wildman–Crippen MR) is 112 cm³/mol. The molecule has 2 unspecified atom stereocenters. The van der Waals surface area contributed by atoms with Gasteiger partial charge in [0.2, 0.25) is 5.78 Å². The van der Waals surface area contributed by atoms with Crippen molar-refractivity contribution in [2.75, 3.05) is 6.61 Å². The number of esters is 1. The molecule has 1 aromatic heterocycles. The van der Waals surface area contributed by atoms with Gasteiger partial charge in [-0.25, -0.2) is 9.67 Å². The van der Waals surface area contributed by atoms with E-state index >= 15 is 0 Å². The molecule has 0 aliphatic carbocycles. The van der Waals surface area contributed by atoms with Crippen LogP contribution in [0, 0.1) is 0 Å². The van der Waals surface area contributed by atoms with Crippen molar-refractivity contribution in [2.45, 2.75) is 25.5 Å². The lowest BCUT2D eigenvalue weighted by Gasteiger charge is -2.31. The van der Waals surface area contributed by atoms with E-state index in [-0.39, 0.29) is 12.4 Å². The van der Waals surface area contributed by atoms with Crippen molar-refractivity contribution < 1.29 is 19.1 Å². The van der Waals surface area contributed by atoms with E-state index in [0.717, 1.165) is 0 Å². The van der Waals surface area contributed by atoms with Crippen molar-refractivity contribution in [3.05, 3.63) is 76.8 Å². The topological polar surface area (TPSA) is 83.3 Å². The van der Waals surface area contributed by atoms with Gasteiger partial charge >= 0.3 is 5.97 Å². The third-order valence-corrected chi connectivity index (χ3v) is 5.06. The van der Waals surface area contributed by atoms with Gasteiger partial charge in [0, 0.05) is 17.0 Å². The molecule has 0 aliphatic heterocycles. The zero-order valence-electron chi connectivity index (χ0n) is 16.3. The first-order chi connectivity index (χ1) is 14.3. The summed E-state index contributed by atoms with van der Waals surface area (Å²) in [4.78, 5) is 29.2. The molecule has 0 radical (unpaired) electrons. The fourth-order valence-electron chi connectivity index (χ4n) is 2.84. The summed E-state index contributed by atoms with van der Waals surface area (Å²) in [7, 11) is 0. The minimum atomic E-state index is -1.24. The number of ether oxygens (including phenoxy) is 2. The van der Waals surface area contributed by atoms with E-state index < -0.39 is 17.6 Å². The molecule has 1 heterocycles. The first-order valence-corrected chi connectivity index (χ1v) is 9.75. The Hall–Kier alpha value is -2.90. The molecule has 0 aliphatic rings. The van der Waals surface area contributed by atoms with Gasteiger partial charge in [-0.2, -0.15) is 5.10 Å². The Bertz CT molecular complexity index is 1010. The minimum absolute atomic E-state index is 0.183. The Balaban J connectivity index is 2.01. The van der Waals surface area contributed by atoms with Crippen LogP contribution in [0.4, 0.5) is 0 Å². The Morgan fingerprint density at radius 3 is 2.20 bits per heavy atom. The molecule has 0 bridgehead atoms. The monoisotopic (exact) mass is 447 g/mol. The van der Waals surface area contributed by atoms with Gasteiger partial charge in [-0.3, -0.25) is 9.59 Å². The Labute approximate surface area is 183 Å². The number of rotatable bonds is 8. The normalized spacial score (nSPS) is 13.9. The highest BCUT2D eigenvalue weighted by atomic mass is 35.5. The standard InChI is InChI=1S/C21H19Cl2N3O4/c1-14(27)29-11-21(2,15-3-5-16(22)6-4-15)19(28)20(26-13-24-12-25-26)30-18-9-7-17(23)8-10-18/h3-10,12-13,20H,11H2,1-2H3. The van der Waals surface area contributed by atoms with E-state index in [4.69, 9.17) is 32.7 Å². The van der Waals surface area contributed by atoms with Gasteiger partial charge in [-0.1, -0.05) is 35.3 Å². The molecule has 0 N–H and O–H groups in total. The number of hydrogen-bond donors (Lipinski definition) is 0. The molecule has 0 amide bonds. The number of ketones is 1. The third kappa shape index (κ3) is 4.98. The van der Waals surface area contributed by atoms with Crippen LogP contribution in [0.15, 0.2) is 61.2 Å². The molecule has 7 nitrogen and oxygen atoms in total. The molecule has 30 heavy (non-hydrogen) atoms. The van der Waals surface area contributed by atoms with Crippen LogP contribution in [-0.4, -0.2) is 33.1 Å². The van der Waals surface area contributed by atoms with Crippen molar-refractivity contribution in [3.8, 4) is 5.75 Å². The van der Waals surface area contributed by atoms with Crippen molar-refractivity contribution in [2.24, 2.45) is 0 Å². The zero-order chi connectivity index (χ0) is 21.7. The van der Waals surface area contributed by atoms with Gasteiger partial charge in [0.25, 0.3) is 6.23 Å². The summed E-state index contributed by atoms with van der Waals surface area (Å²) in [6, 6.07) is 13.3. The SMILES string of the molecule is CC(=O)OCC(C)(C(=O)C(Oc1ccc(Cl)cc1)n1cncn1)c1ccc(Cl)cc1. The molecule has 3 aromatic rings. The zero-order valence-corrected chi connectivity index (χ0v) is 17.8. The maximum atomic E-state index is 13.8. The Morgan fingerprint density at radius 2 is 1.67 bits per heavy atom. The van der Waals surface area contributed by atoms with Crippen molar-refractivity contribution in [1.29, 1.82) is 0 Å². The van der Waals surface area contributed by atoms with Gasteiger partial charge in [0.05, 0.1) is 5.41 Å². The molecule has 0 fully saturated rings. The molecule has 0 saturated carbocycles. The number of benzene rings is 2. The highest BCUT2D eigenvalue weighted by Crippen LogP contribution is 2.32. The summed E-state index contributed by atoms with van der Waals surface area (Å²) in [6.07, 6.45) is 1.52. The van der Waals surface area contributed by atoms with E-state index in [0.29, 0.717) is 21.4 Å². The second-order valence-corrected chi connectivity index (χ2v) is 7.66. The molecule has 0 saturated heterocycles. The van der Waals surface area contributed by atoms with Crippen LogP contribution in [0.2, 0.25) is 10.0 Å². The number of halogens is 2. The van der Waals surface area contributed by atoms with Crippen LogP contribution in [0.5, 0.6) is 5.75 Å². The second kappa shape index (κ2) is 9.28. The largest absolute Gasteiger partial charge is 0.464 e. The van der Waals surface area contributed by atoms with Crippen LogP contribution < -0.4 is 4.74 Å². The molecule has 3 rings (SSSR count). The fourth-order valence-corrected chi connectivity index (χ4v) is 3.09. The lowest BCUT2D eigenvalue weighted by Crippen LogP contribution is -2.44. The average molecular weight is 448 g/mol. The molecular formula is C21H19Cl2N3O4. The van der Waals surface area contributed by atoms with E-state index in [9.17, 15) is 9.59 Å². The van der Waals surface area contributed by atoms with Crippen molar-refractivity contribution in [1.82, 2.24) is 14.8 Å². The van der Waals surface area contributed by atoms with Crippen LogP contribution in [0.3, 0.4) is 0 Å². The number of hydrogen-bond acceptors (Lipinski definition) is 6. The summed E-state index contributed by atoms with van der Waals surface area (Å²) in [5, 5.41) is 5.13. The molecular weight excluding hydrogens is 429 g/mol. The lowest BCUT2D eigenvalue weighted by molar-refractivity contribution is -0.147. The summed E-state index contributed by atoms with van der Waals surface area (Å²) in [5.41, 5.74) is -0.623. The van der Waals surface area contributed by atoms with Crippen LogP contribution in [-0.2, 0) is 19.7 Å². The van der Waals surface area contributed by atoms with Crippen molar-refractivity contribution >= 4 is 35.0 Å². The summed E-state index contributed by atoms with van der Waals surface area (Å²) < 4.78 is 12.5. The fraction of sp³-hybridized carbons (Fsp3) is 0.238. The highest BCUT2D eigenvalue weighted by molar-refractivity contribution is 6.30. The second-order valence-electron chi connectivity index (χ2n) is 6.78. The van der Waals surface area contributed by atoms with Gasteiger partial charge in [0.1, 0.15) is 25.0 Å². The van der Waals surface area contributed by atoms with E-state index in [1.54, 1.807) is 55.5 Å². The highest BCUT2D eigenvalue weighted by Gasteiger charge is 2.43. The molecule has 0 spiro atoms. The third-order valence-electron chi connectivity index (χ3n) is 4.55. The minimum Gasteiger partial charge on any atom is -0.464 e. The first-order valence-electron chi connectivity index (χ1n) is 8.99. The molecule has 2 atom stereocenters. The number of nitrogens with zero attached hydrogens (tertiary/aromatic N) is 3. The number of carbonyl (C=O) groups is 2. The van der Waals surface area contributed by atoms with Gasteiger partial charge in [-0.05, 0) is 48.9 Å². The van der Waals surface area contributed by atoms with E-state index in [2.05, 4.69) is 10.1 Å². The van der Waals surface area contributed by atoms with E-state index in [1.807, 2.05) is 0 Å². The summed E-state index contributed by atoms with van der Waals surface area (Å²) >= 11 is 11.9. The maximum Gasteiger partial charge on any atom is 0.302 e. The van der Waals surface area contributed by atoms with Crippen LogP contribution >= 0.6 is 23.2 Å². The maximum absolute atomic E-state index is 13.8. The lowest BCUT2D eigenvalue weighted by atomic mass is 9.78. The summed E-state index contributed by atoms with van der Waals surface area (Å²) in [5.74, 6) is -0.468. The summed E-state index contributed by atoms with van der Waals surface area (Å²) in [6.45, 7) is 2.78. The number of carbonyl (C=O) groups excluding carboxylic acids is 2. The van der Waals surface area contributed by atoms with Gasteiger partial charge in [0.15, 0.2) is 0 Å². The van der Waals surface area contributed by atoms with Crippen LogP contribution in [0.25, 0.3) is 0 Å².